The molecule has 0 aliphatic carbocycles. The van der Waals surface area contributed by atoms with Crippen LogP contribution in [0.5, 0.6) is 5.75 Å². The summed E-state index contributed by atoms with van der Waals surface area (Å²) in [5.41, 5.74) is 4.85. The van der Waals surface area contributed by atoms with Gasteiger partial charge in [-0.2, -0.15) is 8.42 Å². The number of anilines is 1. The number of rotatable bonds is 10. The Labute approximate surface area is 217 Å². The van der Waals surface area contributed by atoms with Gasteiger partial charge in [0.1, 0.15) is 10.7 Å². The monoisotopic (exact) mass is 547 g/mol. The van der Waals surface area contributed by atoms with E-state index in [2.05, 4.69) is 5.32 Å². The number of amidine groups is 1. The Morgan fingerprint density at radius 2 is 1.84 bits per heavy atom. The van der Waals surface area contributed by atoms with Crippen molar-refractivity contribution in [2.45, 2.75) is 38.0 Å². The minimum absolute atomic E-state index is 0.161. The van der Waals surface area contributed by atoms with E-state index in [1.165, 1.54) is 42.5 Å². The lowest BCUT2D eigenvalue weighted by Gasteiger charge is -2.30. The lowest BCUT2D eigenvalue weighted by molar-refractivity contribution is -0.126. The van der Waals surface area contributed by atoms with Crippen molar-refractivity contribution in [1.82, 2.24) is 0 Å². The lowest BCUT2D eigenvalue weighted by Crippen LogP contribution is -2.37. The van der Waals surface area contributed by atoms with E-state index in [4.69, 9.17) is 15.9 Å². The van der Waals surface area contributed by atoms with Crippen LogP contribution in [-0.4, -0.2) is 30.7 Å². The zero-order valence-corrected chi connectivity index (χ0v) is 21.7. The summed E-state index contributed by atoms with van der Waals surface area (Å²) in [5, 5.41) is 10.1. The Bertz CT molecular complexity index is 1450. The van der Waals surface area contributed by atoms with Gasteiger partial charge < -0.3 is 15.8 Å². The van der Waals surface area contributed by atoms with E-state index in [1.807, 2.05) is 13.8 Å². The van der Waals surface area contributed by atoms with Gasteiger partial charge >= 0.3 is 5.97 Å². The van der Waals surface area contributed by atoms with Gasteiger partial charge in [-0.1, -0.05) is 19.9 Å². The van der Waals surface area contributed by atoms with Crippen molar-refractivity contribution in [1.29, 1.82) is 5.41 Å². The van der Waals surface area contributed by atoms with Crippen molar-refractivity contribution in [3.05, 3.63) is 75.7 Å². The molecule has 1 heterocycles. The molecule has 1 amide bonds. The number of hydrogen-bond acceptors (Lipinski definition) is 7. The van der Waals surface area contributed by atoms with E-state index in [1.54, 1.807) is 6.07 Å². The first-order valence-corrected chi connectivity index (χ1v) is 13.5. The van der Waals surface area contributed by atoms with Gasteiger partial charge in [-0.25, -0.2) is 9.18 Å². The quantitative estimate of drug-likeness (QED) is 0.0947. The first-order chi connectivity index (χ1) is 17.4. The summed E-state index contributed by atoms with van der Waals surface area (Å²) in [6.45, 7) is 3.71. The highest BCUT2D eigenvalue weighted by atomic mass is 32.2. The summed E-state index contributed by atoms with van der Waals surface area (Å²) >= 11 is 1.12. The van der Waals surface area contributed by atoms with Gasteiger partial charge in [0.25, 0.3) is 10.1 Å². The molecule has 1 aromatic heterocycles. The third kappa shape index (κ3) is 6.59. The van der Waals surface area contributed by atoms with Crippen molar-refractivity contribution in [2.24, 2.45) is 11.1 Å². The van der Waals surface area contributed by atoms with Crippen molar-refractivity contribution in [3.63, 3.8) is 0 Å². The third-order valence-electron chi connectivity index (χ3n) is 6.05. The standard InChI is InChI=1S/C25H26FN3O6S2/c1-3-25(4-2,24(31)29-16-6-5-7-18(13-16)37(32,33)34)14-17-9-11-21(36-17)23(30)35-20-10-8-15(22(27)28)12-19(20)26/h5-13H,3-4,14H2,1-2H3,(H3,27,28)(H,29,31)(H,32,33,34). The van der Waals surface area contributed by atoms with Gasteiger partial charge in [-0.05, 0) is 67.8 Å². The Hall–Kier alpha value is -3.61. The average molecular weight is 548 g/mol. The summed E-state index contributed by atoms with van der Waals surface area (Å²) in [6.07, 6.45) is 1.21. The smallest absolute Gasteiger partial charge is 0.353 e. The molecule has 0 aliphatic rings. The SMILES string of the molecule is CCC(CC)(Cc1ccc(C(=O)Oc2ccc(C(=N)N)cc2F)s1)C(=O)Nc1cccc(S(=O)(=O)O)c1. The second-order valence-electron chi connectivity index (χ2n) is 8.34. The van der Waals surface area contributed by atoms with Crippen LogP contribution in [0, 0.1) is 16.6 Å². The molecule has 0 spiro atoms. The maximum absolute atomic E-state index is 14.2. The molecule has 2 aromatic carbocycles. The summed E-state index contributed by atoms with van der Waals surface area (Å²) in [7, 11) is -4.42. The molecule has 9 nitrogen and oxygen atoms in total. The van der Waals surface area contributed by atoms with Crippen LogP contribution in [0.3, 0.4) is 0 Å². The Morgan fingerprint density at radius 3 is 2.43 bits per heavy atom. The topological polar surface area (TPSA) is 160 Å². The highest BCUT2D eigenvalue weighted by Gasteiger charge is 2.36. The van der Waals surface area contributed by atoms with Crippen molar-refractivity contribution < 1.29 is 31.7 Å². The van der Waals surface area contributed by atoms with Crippen LogP contribution in [0.1, 0.15) is 46.8 Å². The van der Waals surface area contributed by atoms with Crippen LogP contribution in [0.15, 0.2) is 59.5 Å². The summed E-state index contributed by atoms with van der Waals surface area (Å²) < 4.78 is 51.5. The minimum Gasteiger partial charge on any atom is -0.419 e. The molecule has 0 saturated carbocycles. The highest BCUT2D eigenvalue weighted by molar-refractivity contribution is 7.85. The first-order valence-electron chi connectivity index (χ1n) is 11.2. The lowest BCUT2D eigenvalue weighted by atomic mass is 9.77. The molecule has 0 unspecified atom stereocenters. The van der Waals surface area contributed by atoms with E-state index < -0.39 is 27.3 Å². The van der Waals surface area contributed by atoms with Crippen LogP contribution in [0.25, 0.3) is 0 Å². The number of nitrogen functional groups attached to an aromatic ring is 1. The second-order valence-corrected chi connectivity index (χ2v) is 10.9. The predicted octanol–water partition coefficient (Wildman–Crippen LogP) is 4.62. The van der Waals surface area contributed by atoms with Crippen LogP contribution >= 0.6 is 11.3 Å². The van der Waals surface area contributed by atoms with E-state index in [-0.39, 0.29) is 38.5 Å². The van der Waals surface area contributed by atoms with Gasteiger partial charge in [-0.3, -0.25) is 14.8 Å². The number of nitrogens with one attached hydrogen (secondary N) is 2. The normalized spacial score (nSPS) is 11.7. The molecule has 3 aromatic rings. The predicted molar refractivity (Wildman–Crippen MR) is 138 cm³/mol. The van der Waals surface area contributed by atoms with Crippen molar-refractivity contribution >= 4 is 44.9 Å². The molecule has 0 bridgehead atoms. The molecule has 0 fully saturated rings. The highest BCUT2D eigenvalue weighted by Crippen LogP contribution is 2.35. The molecule has 0 atom stereocenters. The molecular weight excluding hydrogens is 521 g/mol. The number of ether oxygens (including phenoxy) is 1. The minimum atomic E-state index is -4.42. The van der Waals surface area contributed by atoms with Crippen LogP contribution < -0.4 is 15.8 Å². The van der Waals surface area contributed by atoms with Crippen molar-refractivity contribution in [3.8, 4) is 5.75 Å². The van der Waals surface area contributed by atoms with Crippen molar-refractivity contribution in [2.75, 3.05) is 5.32 Å². The number of benzene rings is 2. The molecule has 3 rings (SSSR count). The Morgan fingerprint density at radius 1 is 1.14 bits per heavy atom. The second kappa shape index (κ2) is 11.2. The number of thiophene rings is 1. The molecule has 0 saturated heterocycles. The average Bonchev–Trinajstić information content (AvgIpc) is 3.32. The van der Waals surface area contributed by atoms with Crippen LogP contribution in [0.2, 0.25) is 0 Å². The zero-order chi connectivity index (χ0) is 27.4. The molecule has 12 heteroatoms. The molecule has 196 valence electrons. The van der Waals surface area contributed by atoms with E-state index in [9.17, 15) is 27.0 Å². The number of esters is 1. The van der Waals surface area contributed by atoms with Gasteiger partial charge in [0, 0.05) is 16.1 Å². The van der Waals surface area contributed by atoms with Crippen LogP contribution in [0.4, 0.5) is 10.1 Å². The Kier molecular flexibility index (Phi) is 8.46. The van der Waals surface area contributed by atoms with Gasteiger partial charge in [0.15, 0.2) is 11.6 Å². The molecule has 5 N–H and O–H groups in total. The number of carbonyl (C=O) groups excluding carboxylic acids is 2. The van der Waals surface area contributed by atoms with E-state index in [0.29, 0.717) is 19.3 Å². The van der Waals surface area contributed by atoms with Gasteiger partial charge in [0.2, 0.25) is 5.91 Å². The molecule has 0 radical (unpaired) electrons. The number of amides is 1. The van der Waals surface area contributed by atoms with Gasteiger partial charge in [0.05, 0.1) is 10.3 Å². The maximum Gasteiger partial charge on any atom is 0.353 e. The molecule has 37 heavy (non-hydrogen) atoms. The first kappa shape index (κ1) is 28.0. The maximum atomic E-state index is 14.2. The number of hydrogen-bond donors (Lipinski definition) is 4. The fraction of sp³-hybridized carbons (Fsp3) is 0.240. The van der Waals surface area contributed by atoms with Crippen LogP contribution in [-0.2, 0) is 21.3 Å². The number of halogens is 1. The third-order valence-corrected chi connectivity index (χ3v) is 7.96. The number of carbonyl (C=O) groups is 2. The summed E-state index contributed by atoms with van der Waals surface area (Å²) in [6, 6.07) is 12.1. The van der Waals surface area contributed by atoms with E-state index in [0.717, 1.165) is 22.3 Å². The number of nitrogens with two attached hydrogens (primary N) is 1. The fourth-order valence-corrected chi connectivity index (χ4v) is 5.27. The fourth-order valence-electron chi connectivity index (χ4n) is 3.72. The van der Waals surface area contributed by atoms with Gasteiger partial charge in [-0.15, -0.1) is 11.3 Å². The summed E-state index contributed by atoms with van der Waals surface area (Å²) in [5.74, 6) is -2.55. The van der Waals surface area contributed by atoms with E-state index >= 15 is 0 Å². The molecular formula is C25H26FN3O6S2. The molecule has 0 aliphatic heterocycles. The Balaban J connectivity index is 1.76. The zero-order valence-electron chi connectivity index (χ0n) is 20.1. The summed E-state index contributed by atoms with van der Waals surface area (Å²) in [4.78, 5) is 26.5. The largest absolute Gasteiger partial charge is 0.419 e.